The number of rotatable bonds is 5. The Kier molecular flexibility index (Phi) is 8.06. The largest absolute Gasteiger partial charge is 0.354 e. The van der Waals surface area contributed by atoms with Gasteiger partial charge in [0.05, 0.1) is 11.9 Å². The fourth-order valence-electron chi connectivity index (χ4n) is 2.29. The van der Waals surface area contributed by atoms with E-state index in [-0.39, 0.29) is 30.7 Å². The van der Waals surface area contributed by atoms with Crippen molar-refractivity contribution in [2.45, 2.75) is 44.2 Å². The predicted molar refractivity (Wildman–Crippen MR) is 79.7 cm³/mol. The Morgan fingerprint density at radius 1 is 1.37 bits per heavy atom. The highest BCUT2D eigenvalue weighted by Crippen LogP contribution is 2.27. The lowest BCUT2D eigenvalue weighted by Crippen LogP contribution is -2.52. The zero-order chi connectivity index (χ0) is 12.1. The maximum absolute atomic E-state index is 11.9. The Morgan fingerprint density at radius 2 is 2.05 bits per heavy atom. The van der Waals surface area contributed by atoms with Gasteiger partial charge in [0, 0.05) is 25.5 Å². The molecule has 110 valence electrons. The number of imidazole rings is 1. The van der Waals surface area contributed by atoms with E-state index in [4.69, 9.17) is 5.73 Å². The van der Waals surface area contributed by atoms with Crippen LogP contribution in [0.2, 0.25) is 0 Å². The van der Waals surface area contributed by atoms with Crippen LogP contribution in [-0.2, 0) is 11.3 Å². The van der Waals surface area contributed by atoms with E-state index in [9.17, 15) is 4.79 Å². The molecule has 1 fully saturated rings. The molecule has 0 aliphatic heterocycles. The minimum absolute atomic E-state index is 0. The van der Waals surface area contributed by atoms with Gasteiger partial charge in [-0.25, -0.2) is 4.98 Å². The van der Waals surface area contributed by atoms with Crippen molar-refractivity contribution in [1.29, 1.82) is 0 Å². The summed E-state index contributed by atoms with van der Waals surface area (Å²) in [5.41, 5.74) is 5.45. The molecular weight excluding hydrogens is 287 g/mol. The molecule has 0 saturated heterocycles. The first-order valence-electron chi connectivity index (χ1n) is 6.24. The molecule has 7 heteroatoms. The number of nitrogens with two attached hydrogens (primary N) is 1. The van der Waals surface area contributed by atoms with E-state index in [1.54, 1.807) is 12.5 Å². The second kappa shape index (κ2) is 8.40. The molecule has 0 aromatic carbocycles. The molecule has 0 radical (unpaired) electrons. The van der Waals surface area contributed by atoms with E-state index < -0.39 is 5.54 Å². The third kappa shape index (κ3) is 5.01. The number of hydrogen-bond donors (Lipinski definition) is 2. The molecule has 1 saturated carbocycles. The van der Waals surface area contributed by atoms with Gasteiger partial charge in [-0.2, -0.15) is 0 Å². The summed E-state index contributed by atoms with van der Waals surface area (Å²) >= 11 is 0. The van der Waals surface area contributed by atoms with Crippen molar-refractivity contribution in [2.24, 2.45) is 5.73 Å². The van der Waals surface area contributed by atoms with Crippen LogP contribution in [0.1, 0.15) is 32.1 Å². The number of amides is 1. The van der Waals surface area contributed by atoms with E-state index >= 15 is 0 Å². The van der Waals surface area contributed by atoms with Crippen LogP contribution in [0.5, 0.6) is 0 Å². The molecule has 1 amide bonds. The molecule has 1 heterocycles. The second-order valence-corrected chi connectivity index (χ2v) is 4.77. The highest BCUT2D eigenvalue weighted by molar-refractivity contribution is 5.86. The lowest BCUT2D eigenvalue weighted by atomic mass is 9.98. The summed E-state index contributed by atoms with van der Waals surface area (Å²) in [6.07, 6.45) is 10.1. The Labute approximate surface area is 126 Å². The van der Waals surface area contributed by atoms with Crippen LogP contribution in [-0.4, -0.2) is 27.5 Å². The average molecular weight is 309 g/mol. The molecule has 1 aromatic rings. The second-order valence-electron chi connectivity index (χ2n) is 4.77. The first kappa shape index (κ1) is 18.2. The average Bonchev–Trinajstić information content (AvgIpc) is 2.96. The monoisotopic (exact) mass is 308 g/mol. The number of nitrogens with zero attached hydrogens (tertiary/aromatic N) is 2. The highest BCUT2D eigenvalue weighted by atomic mass is 35.5. The zero-order valence-electron chi connectivity index (χ0n) is 10.9. The van der Waals surface area contributed by atoms with Crippen LogP contribution in [0.15, 0.2) is 18.7 Å². The Bertz CT molecular complexity index is 364. The maximum atomic E-state index is 11.9. The van der Waals surface area contributed by atoms with E-state index in [0.717, 1.165) is 38.6 Å². The van der Waals surface area contributed by atoms with Crippen molar-refractivity contribution < 1.29 is 4.79 Å². The van der Waals surface area contributed by atoms with Crippen molar-refractivity contribution in [3.8, 4) is 0 Å². The van der Waals surface area contributed by atoms with Gasteiger partial charge in [0.1, 0.15) is 0 Å². The Balaban J connectivity index is 0.00000162. The number of aromatic nitrogens is 2. The lowest BCUT2D eigenvalue weighted by molar-refractivity contribution is -0.126. The Morgan fingerprint density at radius 3 is 2.63 bits per heavy atom. The number of nitrogens with one attached hydrogen (secondary N) is 1. The van der Waals surface area contributed by atoms with E-state index in [0.29, 0.717) is 6.54 Å². The molecule has 3 N–H and O–H groups in total. The fourth-order valence-corrected chi connectivity index (χ4v) is 2.29. The van der Waals surface area contributed by atoms with Crippen molar-refractivity contribution in [3.63, 3.8) is 0 Å². The minimum atomic E-state index is -0.602. The van der Waals surface area contributed by atoms with Gasteiger partial charge in [-0.3, -0.25) is 4.79 Å². The summed E-state index contributed by atoms with van der Waals surface area (Å²) in [6.45, 7) is 1.55. The number of hydrogen-bond acceptors (Lipinski definition) is 3. The normalized spacial score (nSPS) is 16.3. The molecular formula is C12H22Cl2N4O. The summed E-state index contributed by atoms with van der Waals surface area (Å²) < 4.78 is 2.00. The molecule has 0 unspecified atom stereocenters. The van der Waals surface area contributed by atoms with Crippen LogP contribution in [0.3, 0.4) is 0 Å². The van der Waals surface area contributed by atoms with Crippen molar-refractivity contribution in [1.82, 2.24) is 14.9 Å². The van der Waals surface area contributed by atoms with Crippen molar-refractivity contribution >= 4 is 30.7 Å². The van der Waals surface area contributed by atoms with Crippen molar-refractivity contribution in [3.05, 3.63) is 18.7 Å². The Hall–Kier alpha value is -0.780. The first-order chi connectivity index (χ1) is 8.21. The summed E-state index contributed by atoms with van der Waals surface area (Å²) in [6, 6.07) is 0. The van der Waals surface area contributed by atoms with E-state index in [1.807, 2.05) is 10.8 Å². The quantitative estimate of drug-likeness (QED) is 0.810. The third-order valence-electron chi connectivity index (χ3n) is 3.39. The first-order valence-corrected chi connectivity index (χ1v) is 6.24. The number of aryl methyl sites for hydroxylation is 1. The smallest absolute Gasteiger partial charge is 0.240 e. The van der Waals surface area contributed by atoms with Gasteiger partial charge in [-0.1, -0.05) is 12.8 Å². The molecule has 1 aliphatic rings. The minimum Gasteiger partial charge on any atom is -0.354 e. The molecule has 19 heavy (non-hydrogen) atoms. The molecule has 0 spiro atoms. The summed E-state index contributed by atoms with van der Waals surface area (Å²) in [7, 11) is 0. The van der Waals surface area contributed by atoms with Gasteiger partial charge in [0.2, 0.25) is 5.91 Å². The maximum Gasteiger partial charge on any atom is 0.240 e. The van der Waals surface area contributed by atoms with Crippen LogP contribution in [0.4, 0.5) is 0 Å². The van der Waals surface area contributed by atoms with Crippen LogP contribution < -0.4 is 11.1 Å². The van der Waals surface area contributed by atoms with Gasteiger partial charge < -0.3 is 15.6 Å². The van der Waals surface area contributed by atoms with Gasteiger partial charge in [0.25, 0.3) is 0 Å². The standard InChI is InChI=1S/C12H20N4O.2ClH/c13-12(4-1-2-5-12)11(17)15-6-3-8-16-9-7-14-10-16;;/h7,9-10H,1-6,8,13H2,(H,15,17);2*1H. The van der Waals surface area contributed by atoms with Gasteiger partial charge in [0.15, 0.2) is 0 Å². The molecule has 1 aromatic heterocycles. The lowest BCUT2D eigenvalue weighted by Gasteiger charge is -2.22. The SMILES string of the molecule is Cl.Cl.NC1(C(=O)NCCCn2ccnc2)CCCC1. The van der Waals surface area contributed by atoms with Crippen LogP contribution in [0.25, 0.3) is 0 Å². The highest BCUT2D eigenvalue weighted by Gasteiger charge is 2.36. The van der Waals surface area contributed by atoms with E-state index in [1.165, 1.54) is 0 Å². The number of halogens is 2. The predicted octanol–water partition coefficient (Wildman–Crippen LogP) is 1.50. The summed E-state index contributed by atoms with van der Waals surface area (Å²) in [4.78, 5) is 15.8. The molecule has 1 aliphatic carbocycles. The van der Waals surface area contributed by atoms with Crippen LogP contribution >= 0.6 is 24.8 Å². The van der Waals surface area contributed by atoms with Crippen molar-refractivity contribution in [2.75, 3.05) is 6.54 Å². The topological polar surface area (TPSA) is 72.9 Å². The molecule has 2 rings (SSSR count). The number of carbonyl (C=O) groups excluding carboxylic acids is 1. The molecule has 0 atom stereocenters. The van der Waals surface area contributed by atoms with Gasteiger partial charge >= 0.3 is 0 Å². The molecule has 0 bridgehead atoms. The number of carbonyl (C=O) groups is 1. The van der Waals surface area contributed by atoms with Crippen LogP contribution in [0, 0.1) is 0 Å². The van der Waals surface area contributed by atoms with E-state index in [2.05, 4.69) is 10.3 Å². The zero-order valence-corrected chi connectivity index (χ0v) is 12.5. The third-order valence-corrected chi connectivity index (χ3v) is 3.39. The van der Waals surface area contributed by atoms with Gasteiger partial charge in [-0.05, 0) is 19.3 Å². The fraction of sp³-hybridized carbons (Fsp3) is 0.667. The summed E-state index contributed by atoms with van der Waals surface area (Å²) in [5, 5.41) is 2.93. The molecule has 5 nitrogen and oxygen atoms in total. The van der Waals surface area contributed by atoms with Gasteiger partial charge in [-0.15, -0.1) is 24.8 Å². The summed E-state index contributed by atoms with van der Waals surface area (Å²) in [5.74, 6) is 0.0145.